The molecule has 2 N–H and O–H groups in total. The zero-order valence-electron chi connectivity index (χ0n) is 15.3. The first-order chi connectivity index (χ1) is 12.9. The van der Waals surface area contributed by atoms with Crippen LogP contribution < -0.4 is 15.4 Å². The molecule has 0 unspecified atom stereocenters. The molecule has 1 aromatic carbocycles. The number of alkyl halides is 3. The van der Waals surface area contributed by atoms with Gasteiger partial charge in [-0.3, -0.25) is 9.98 Å². The van der Waals surface area contributed by atoms with Gasteiger partial charge in [0.05, 0.1) is 0 Å². The molecule has 0 bridgehead atoms. The lowest BCUT2D eigenvalue weighted by Crippen LogP contribution is -2.38. The summed E-state index contributed by atoms with van der Waals surface area (Å²) >= 11 is 0. The van der Waals surface area contributed by atoms with Gasteiger partial charge in [0.25, 0.3) is 0 Å². The number of nitrogens with one attached hydrogen (secondary N) is 2. The van der Waals surface area contributed by atoms with Crippen LogP contribution >= 0.6 is 0 Å². The predicted molar refractivity (Wildman–Crippen MR) is 98.9 cm³/mol. The van der Waals surface area contributed by atoms with Crippen molar-refractivity contribution in [2.24, 2.45) is 4.99 Å². The number of hydrogen-bond acceptors (Lipinski definition) is 3. The molecule has 0 atom stereocenters. The van der Waals surface area contributed by atoms with Gasteiger partial charge < -0.3 is 15.4 Å². The Labute approximate surface area is 156 Å². The summed E-state index contributed by atoms with van der Waals surface area (Å²) in [6.45, 7) is 1.40. The van der Waals surface area contributed by atoms with E-state index >= 15 is 0 Å². The van der Waals surface area contributed by atoms with Crippen LogP contribution in [0.15, 0.2) is 47.6 Å². The van der Waals surface area contributed by atoms with Crippen LogP contribution in [0.2, 0.25) is 0 Å². The lowest BCUT2D eigenvalue weighted by atomic mass is 10.1. The van der Waals surface area contributed by atoms with Gasteiger partial charge in [0.15, 0.2) is 12.6 Å². The average molecular weight is 380 g/mol. The van der Waals surface area contributed by atoms with Crippen LogP contribution in [0.4, 0.5) is 13.2 Å². The summed E-state index contributed by atoms with van der Waals surface area (Å²) in [6, 6.07) is 10.9. The highest BCUT2D eigenvalue weighted by Gasteiger charge is 2.28. The Balaban J connectivity index is 1.89. The number of hydrogen-bond donors (Lipinski definition) is 2. The van der Waals surface area contributed by atoms with Gasteiger partial charge in [-0.15, -0.1) is 0 Å². The van der Waals surface area contributed by atoms with Crippen LogP contribution in [0.25, 0.3) is 0 Å². The smallest absolute Gasteiger partial charge is 0.422 e. The second kappa shape index (κ2) is 9.80. The first kappa shape index (κ1) is 20.5. The molecule has 2 rings (SSSR count). The highest BCUT2D eigenvalue weighted by atomic mass is 19.4. The highest BCUT2D eigenvalue weighted by Crippen LogP contribution is 2.23. The van der Waals surface area contributed by atoms with Crippen LogP contribution in [0.5, 0.6) is 5.75 Å². The minimum absolute atomic E-state index is 0.212. The van der Waals surface area contributed by atoms with Gasteiger partial charge in [0, 0.05) is 44.0 Å². The van der Waals surface area contributed by atoms with Crippen molar-refractivity contribution in [1.29, 1.82) is 0 Å². The minimum atomic E-state index is -4.38. The third-order valence-electron chi connectivity index (χ3n) is 3.68. The molecule has 0 aliphatic heterocycles. The van der Waals surface area contributed by atoms with E-state index in [9.17, 15) is 13.2 Å². The Morgan fingerprint density at radius 2 is 2.00 bits per heavy atom. The van der Waals surface area contributed by atoms with E-state index in [0.717, 1.165) is 17.7 Å². The quantitative estimate of drug-likeness (QED) is 0.572. The maximum absolute atomic E-state index is 12.4. The maximum Gasteiger partial charge on any atom is 0.422 e. The summed E-state index contributed by atoms with van der Waals surface area (Å²) < 4.78 is 42.3. The second-order valence-corrected chi connectivity index (χ2v) is 5.94. The summed E-state index contributed by atoms with van der Waals surface area (Å²) in [4.78, 5) is 8.37. The average Bonchev–Trinajstić information content (AvgIpc) is 2.64. The number of pyridine rings is 1. The predicted octanol–water partition coefficient (Wildman–Crippen LogP) is 3.24. The van der Waals surface area contributed by atoms with E-state index in [1.54, 1.807) is 32.3 Å². The number of aromatic nitrogens is 1. The van der Waals surface area contributed by atoms with Crippen LogP contribution in [-0.4, -0.2) is 37.3 Å². The summed E-state index contributed by atoms with van der Waals surface area (Å²) in [5, 5.41) is 6.24. The lowest BCUT2D eigenvalue weighted by Gasteiger charge is -2.16. The van der Waals surface area contributed by atoms with Crippen molar-refractivity contribution in [2.45, 2.75) is 26.1 Å². The van der Waals surface area contributed by atoms with E-state index in [0.29, 0.717) is 18.1 Å². The van der Waals surface area contributed by atoms with E-state index in [1.165, 1.54) is 0 Å². The van der Waals surface area contributed by atoms with Crippen molar-refractivity contribution < 1.29 is 17.9 Å². The number of aryl methyl sites for hydroxylation is 1. The molecule has 1 heterocycles. The Kier molecular flexibility index (Phi) is 7.45. The summed E-state index contributed by atoms with van der Waals surface area (Å²) in [5.41, 5.74) is 2.41. The Morgan fingerprint density at radius 3 is 2.67 bits per heavy atom. The first-order valence-electron chi connectivity index (χ1n) is 8.51. The molecular formula is C19H23F3N4O. The molecule has 2 aromatic rings. The van der Waals surface area contributed by atoms with Gasteiger partial charge in [-0.25, -0.2) is 0 Å². The molecule has 146 valence electrons. The van der Waals surface area contributed by atoms with Gasteiger partial charge in [-0.05, 0) is 30.7 Å². The summed E-state index contributed by atoms with van der Waals surface area (Å²) in [5.74, 6) is 0.761. The van der Waals surface area contributed by atoms with Crippen molar-refractivity contribution in [1.82, 2.24) is 15.6 Å². The molecule has 8 heteroatoms. The molecule has 0 spiro atoms. The zero-order valence-corrected chi connectivity index (χ0v) is 15.3. The largest absolute Gasteiger partial charge is 0.484 e. The SMILES string of the molecule is CN=C(NCCc1ccccn1)NCc1ccc(C)cc1OCC(F)(F)F. The van der Waals surface area contributed by atoms with Crippen LogP contribution in [0, 0.1) is 6.92 Å². The van der Waals surface area contributed by atoms with Gasteiger partial charge in [0.2, 0.25) is 0 Å². The maximum atomic E-state index is 12.4. The molecule has 0 saturated carbocycles. The standard InChI is InChI=1S/C19H23F3N4O/c1-14-6-7-15(17(11-14)27-13-19(20,21)22)12-26-18(23-2)25-10-8-16-5-3-4-9-24-16/h3-7,9,11H,8,10,12-13H2,1-2H3,(H2,23,25,26). The number of halogens is 3. The highest BCUT2D eigenvalue weighted by molar-refractivity contribution is 5.79. The van der Waals surface area contributed by atoms with E-state index in [-0.39, 0.29) is 12.3 Å². The Morgan fingerprint density at radius 1 is 1.19 bits per heavy atom. The van der Waals surface area contributed by atoms with Crippen molar-refractivity contribution in [3.63, 3.8) is 0 Å². The van der Waals surface area contributed by atoms with Crippen molar-refractivity contribution in [2.75, 3.05) is 20.2 Å². The third-order valence-corrected chi connectivity index (χ3v) is 3.68. The van der Waals surface area contributed by atoms with Crippen molar-refractivity contribution >= 4 is 5.96 Å². The van der Waals surface area contributed by atoms with E-state index in [2.05, 4.69) is 20.6 Å². The lowest BCUT2D eigenvalue weighted by molar-refractivity contribution is -0.153. The zero-order chi connectivity index (χ0) is 19.7. The fourth-order valence-electron chi connectivity index (χ4n) is 2.36. The van der Waals surface area contributed by atoms with Crippen LogP contribution in [0.3, 0.4) is 0 Å². The third kappa shape index (κ3) is 7.55. The van der Waals surface area contributed by atoms with Gasteiger partial charge in [-0.1, -0.05) is 18.2 Å². The fraction of sp³-hybridized carbons (Fsp3) is 0.368. The van der Waals surface area contributed by atoms with Crippen LogP contribution in [-0.2, 0) is 13.0 Å². The molecule has 0 aliphatic carbocycles. The number of rotatable bonds is 7. The normalized spacial score (nSPS) is 12.0. The molecule has 0 radical (unpaired) electrons. The number of aliphatic imine (C=N–C) groups is 1. The molecule has 0 saturated heterocycles. The number of guanidine groups is 1. The Hall–Kier alpha value is -2.77. The van der Waals surface area contributed by atoms with E-state index in [1.807, 2.05) is 24.3 Å². The second-order valence-electron chi connectivity index (χ2n) is 5.94. The summed E-state index contributed by atoms with van der Waals surface area (Å²) in [6.07, 6.45) is -1.91. The number of ether oxygens (including phenoxy) is 1. The van der Waals surface area contributed by atoms with E-state index < -0.39 is 12.8 Å². The Bertz CT molecular complexity index is 748. The molecule has 1 aromatic heterocycles. The van der Waals surface area contributed by atoms with Crippen molar-refractivity contribution in [3.05, 3.63) is 59.4 Å². The van der Waals surface area contributed by atoms with E-state index in [4.69, 9.17) is 4.74 Å². The molecule has 27 heavy (non-hydrogen) atoms. The molecule has 0 aliphatic rings. The first-order valence-corrected chi connectivity index (χ1v) is 8.51. The van der Waals surface area contributed by atoms with Gasteiger partial charge >= 0.3 is 6.18 Å². The number of nitrogens with zero attached hydrogens (tertiary/aromatic N) is 2. The topological polar surface area (TPSA) is 58.5 Å². The monoisotopic (exact) mass is 380 g/mol. The van der Waals surface area contributed by atoms with Gasteiger partial charge in [-0.2, -0.15) is 13.2 Å². The molecule has 0 amide bonds. The fourth-order valence-corrected chi connectivity index (χ4v) is 2.36. The van der Waals surface area contributed by atoms with Gasteiger partial charge in [0.1, 0.15) is 5.75 Å². The minimum Gasteiger partial charge on any atom is -0.484 e. The van der Waals surface area contributed by atoms with Crippen LogP contribution in [0.1, 0.15) is 16.8 Å². The molecule has 5 nitrogen and oxygen atoms in total. The molecule has 0 fully saturated rings. The number of benzene rings is 1. The molecular weight excluding hydrogens is 357 g/mol. The van der Waals surface area contributed by atoms with Crippen molar-refractivity contribution in [3.8, 4) is 5.75 Å². The summed E-state index contributed by atoms with van der Waals surface area (Å²) in [7, 11) is 1.63.